The van der Waals surface area contributed by atoms with E-state index in [2.05, 4.69) is 17.2 Å². The van der Waals surface area contributed by atoms with Crippen LogP contribution in [-0.2, 0) is 0 Å². The molecule has 1 aliphatic rings. The van der Waals surface area contributed by atoms with E-state index >= 15 is 0 Å². The molecule has 3 nitrogen and oxygen atoms in total. The molecule has 0 spiro atoms. The zero-order valence-corrected chi connectivity index (χ0v) is 13.4. The molecule has 1 fully saturated rings. The van der Waals surface area contributed by atoms with E-state index in [-0.39, 0.29) is 11.9 Å². The van der Waals surface area contributed by atoms with E-state index in [1.165, 1.54) is 12.8 Å². The molecular weight excluding hydrogens is 307 g/mol. The van der Waals surface area contributed by atoms with Crippen molar-refractivity contribution in [3.05, 3.63) is 33.9 Å². The van der Waals surface area contributed by atoms with E-state index in [1.54, 1.807) is 6.07 Å². The maximum atomic E-state index is 12.3. The Labute approximate surface area is 134 Å². The molecule has 1 aromatic carbocycles. The van der Waals surface area contributed by atoms with Gasteiger partial charge in [0, 0.05) is 11.4 Å². The standard InChI is InChI=1S/C16H18Cl2N2O/c1-9-2-5-11(6-3-9)19-16(21)13-8-10-4-7-12(17)14(18)15(10)20-13/h4,7-9,11,20H,2-3,5-6H2,1H3,(H,19,21). The molecule has 21 heavy (non-hydrogen) atoms. The zero-order valence-electron chi connectivity index (χ0n) is 11.9. The van der Waals surface area contributed by atoms with Gasteiger partial charge in [0.15, 0.2) is 0 Å². The van der Waals surface area contributed by atoms with Crippen molar-refractivity contribution in [2.24, 2.45) is 5.92 Å². The van der Waals surface area contributed by atoms with Crippen molar-refractivity contribution < 1.29 is 4.79 Å². The van der Waals surface area contributed by atoms with Gasteiger partial charge in [0.05, 0.1) is 15.6 Å². The predicted octanol–water partition coefficient (Wildman–Crippen LogP) is 4.78. The third-order valence-corrected chi connectivity index (χ3v) is 5.09. The number of benzene rings is 1. The summed E-state index contributed by atoms with van der Waals surface area (Å²) in [6.07, 6.45) is 4.47. The van der Waals surface area contributed by atoms with Gasteiger partial charge < -0.3 is 10.3 Å². The van der Waals surface area contributed by atoms with Crippen LogP contribution in [0, 0.1) is 5.92 Å². The van der Waals surface area contributed by atoms with E-state index in [1.807, 2.05) is 12.1 Å². The van der Waals surface area contributed by atoms with Crippen LogP contribution in [0.15, 0.2) is 18.2 Å². The maximum Gasteiger partial charge on any atom is 0.267 e. The van der Waals surface area contributed by atoms with Gasteiger partial charge in [0.1, 0.15) is 5.69 Å². The molecule has 3 rings (SSSR count). The number of amides is 1. The van der Waals surface area contributed by atoms with Crippen LogP contribution in [0.1, 0.15) is 43.1 Å². The average Bonchev–Trinajstić information content (AvgIpc) is 2.90. The van der Waals surface area contributed by atoms with Crippen LogP contribution >= 0.6 is 23.2 Å². The van der Waals surface area contributed by atoms with E-state index in [9.17, 15) is 4.79 Å². The fourth-order valence-electron chi connectivity index (χ4n) is 2.93. The number of nitrogens with one attached hydrogen (secondary N) is 2. The van der Waals surface area contributed by atoms with Gasteiger partial charge in [-0.15, -0.1) is 0 Å². The first-order valence-corrected chi connectivity index (χ1v) is 8.08. The number of hydrogen-bond donors (Lipinski definition) is 2. The summed E-state index contributed by atoms with van der Waals surface area (Å²) >= 11 is 12.2. The summed E-state index contributed by atoms with van der Waals surface area (Å²) in [4.78, 5) is 15.4. The molecule has 2 aromatic rings. The van der Waals surface area contributed by atoms with Gasteiger partial charge in [0.25, 0.3) is 5.91 Å². The molecular formula is C16H18Cl2N2O. The van der Waals surface area contributed by atoms with Crippen LogP contribution in [0.2, 0.25) is 10.0 Å². The Balaban J connectivity index is 1.77. The maximum absolute atomic E-state index is 12.3. The first-order chi connectivity index (χ1) is 10.0. The number of carbonyl (C=O) groups excluding carboxylic acids is 1. The third-order valence-electron chi connectivity index (χ3n) is 4.28. The number of H-pyrrole nitrogens is 1. The molecule has 1 aromatic heterocycles. The summed E-state index contributed by atoms with van der Waals surface area (Å²) in [6.45, 7) is 2.27. The number of aromatic nitrogens is 1. The molecule has 1 saturated carbocycles. The highest BCUT2D eigenvalue weighted by Gasteiger charge is 2.21. The van der Waals surface area contributed by atoms with Crippen LogP contribution < -0.4 is 5.32 Å². The summed E-state index contributed by atoms with van der Waals surface area (Å²) < 4.78 is 0. The Morgan fingerprint density at radius 1 is 1.24 bits per heavy atom. The molecule has 0 bridgehead atoms. The Morgan fingerprint density at radius 2 is 1.95 bits per heavy atom. The molecule has 112 valence electrons. The fraction of sp³-hybridized carbons (Fsp3) is 0.438. The summed E-state index contributed by atoms with van der Waals surface area (Å²) in [6, 6.07) is 5.70. The van der Waals surface area contributed by atoms with Crippen LogP contribution in [0.3, 0.4) is 0 Å². The molecule has 0 saturated heterocycles. The van der Waals surface area contributed by atoms with E-state index in [0.717, 1.165) is 24.1 Å². The van der Waals surface area contributed by atoms with Crippen molar-refractivity contribution in [3.63, 3.8) is 0 Å². The molecule has 0 aliphatic heterocycles. The number of halogens is 2. The summed E-state index contributed by atoms with van der Waals surface area (Å²) in [7, 11) is 0. The minimum Gasteiger partial charge on any atom is -0.349 e. The van der Waals surface area contributed by atoms with Gasteiger partial charge >= 0.3 is 0 Å². The molecule has 1 aliphatic carbocycles. The molecule has 1 heterocycles. The van der Waals surface area contributed by atoms with Gasteiger partial charge in [-0.3, -0.25) is 4.79 Å². The second-order valence-corrected chi connectivity index (χ2v) is 6.72. The first-order valence-electron chi connectivity index (χ1n) is 7.32. The topological polar surface area (TPSA) is 44.9 Å². The SMILES string of the molecule is CC1CCC(NC(=O)c2cc3ccc(Cl)c(Cl)c3[nH]2)CC1. The summed E-state index contributed by atoms with van der Waals surface area (Å²) in [5.74, 6) is 0.699. The number of aromatic amines is 1. The zero-order chi connectivity index (χ0) is 15.0. The van der Waals surface area contributed by atoms with Crippen molar-refractivity contribution in [1.29, 1.82) is 0 Å². The van der Waals surface area contributed by atoms with Crippen molar-refractivity contribution in [2.75, 3.05) is 0 Å². The molecule has 0 unspecified atom stereocenters. The van der Waals surface area contributed by atoms with Gasteiger partial charge in [-0.2, -0.15) is 0 Å². The summed E-state index contributed by atoms with van der Waals surface area (Å²) in [5, 5.41) is 4.94. The van der Waals surface area contributed by atoms with Gasteiger partial charge in [0.2, 0.25) is 0 Å². The van der Waals surface area contributed by atoms with Crippen molar-refractivity contribution in [1.82, 2.24) is 10.3 Å². The Hall–Kier alpha value is -1.19. The van der Waals surface area contributed by atoms with Crippen molar-refractivity contribution in [2.45, 2.75) is 38.6 Å². The monoisotopic (exact) mass is 324 g/mol. The van der Waals surface area contributed by atoms with Crippen molar-refractivity contribution in [3.8, 4) is 0 Å². The van der Waals surface area contributed by atoms with Gasteiger partial charge in [-0.1, -0.05) is 36.2 Å². The van der Waals surface area contributed by atoms with Crippen LogP contribution in [-0.4, -0.2) is 16.9 Å². The third kappa shape index (κ3) is 3.04. The lowest BCUT2D eigenvalue weighted by atomic mass is 9.87. The molecule has 2 N–H and O–H groups in total. The van der Waals surface area contributed by atoms with E-state index < -0.39 is 0 Å². The highest BCUT2D eigenvalue weighted by molar-refractivity contribution is 6.45. The second-order valence-electron chi connectivity index (χ2n) is 5.94. The Kier molecular flexibility index (Phi) is 4.14. The lowest BCUT2D eigenvalue weighted by Crippen LogP contribution is -2.37. The Morgan fingerprint density at radius 3 is 2.67 bits per heavy atom. The lowest BCUT2D eigenvalue weighted by Gasteiger charge is -2.26. The lowest BCUT2D eigenvalue weighted by molar-refractivity contribution is 0.0919. The van der Waals surface area contributed by atoms with Crippen LogP contribution in [0.5, 0.6) is 0 Å². The molecule has 0 atom stereocenters. The Bertz CT molecular complexity index is 672. The summed E-state index contributed by atoms with van der Waals surface area (Å²) in [5.41, 5.74) is 1.25. The van der Waals surface area contributed by atoms with Gasteiger partial charge in [-0.25, -0.2) is 0 Å². The number of fused-ring (bicyclic) bond motifs is 1. The highest BCUT2D eigenvalue weighted by Crippen LogP contribution is 2.31. The molecule has 0 radical (unpaired) electrons. The van der Waals surface area contributed by atoms with Crippen LogP contribution in [0.4, 0.5) is 0 Å². The predicted molar refractivity (Wildman–Crippen MR) is 87.2 cm³/mol. The average molecular weight is 325 g/mol. The van der Waals surface area contributed by atoms with E-state index in [4.69, 9.17) is 23.2 Å². The number of carbonyl (C=O) groups is 1. The second kappa shape index (κ2) is 5.90. The van der Waals surface area contributed by atoms with Gasteiger partial charge in [-0.05, 0) is 43.7 Å². The minimum atomic E-state index is -0.0713. The molecule has 1 amide bonds. The number of rotatable bonds is 2. The van der Waals surface area contributed by atoms with E-state index in [0.29, 0.717) is 21.3 Å². The molecule has 5 heteroatoms. The first kappa shape index (κ1) is 14.7. The fourth-order valence-corrected chi connectivity index (χ4v) is 3.31. The largest absolute Gasteiger partial charge is 0.349 e. The minimum absolute atomic E-state index is 0.0713. The smallest absolute Gasteiger partial charge is 0.267 e. The number of hydrogen-bond acceptors (Lipinski definition) is 1. The van der Waals surface area contributed by atoms with Crippen LogP contribution in [0.25, 0.3) is 10.9 Å². The quantitative estimate of drug-likeness (QED) is 0.820. The van der Waals surface area contributed by atoms with Crippen molar-refractivity contribution >= 4 is 40.0 Å². The highest BCUT2D eigenvalue weighted by atomic mass is 35.5. The normalized spacial score (nSPS) is 22.4.